The zero-order valence-electron chi connectivity index (χ0n) is 12.4. The van der Waals surface area contributed by atoms with Gasteiger partial charge < -0.3 is 15.4 Å². The van der Waals surface area contributed by atoms with Crippen molar-refractivity contribution < 1.29 is 9.53 Å². The van der Waals surface area contributed by atoms with Gasteiger partial charge in [-0.15, -0.1) is 0 Å². The third-order valence-corrected chi connectivity index (χ3v) is 3.64. The van der Waals surface area contributed by atoms with Crippen LogP contribution in [0.5, 0.6) is 5.75 Å². The Balaban J connectivity index is 1.78. The third-order valence-electron chi connectivity index (χ3n) is 3.64. The Labute approximate surface area is 128 Å². The van der Waals surface area contributed by atoms with Crippen molar-refractivity contribution in [3.63, 3.8) is 0 Å². The molecular weight excluding hydrogens is 280 g/mol. The first-order valence-corrected chi connectivity index (χ1v) is 7.30. The lowest BCUT2D eigenvalue weighted by Gasteiger charge is -2.18. The van der Waals surface area contributed by atoms with Gasteiger partial charge in [0, 0.05) is 12.6 Å². The van der Waals surface area contributed by atoms with Gasteiger partial charge >= 0.3 is 0 Å². The molecule has 0 saturated heterocycles. The van der Waals surface area contributed by atoms with Gasteiger partial charge in [0.05, 0.1) is 25.0 Å². The van der Waals surface area contributed by atoms with Crippen LogP contribution in [0.2, 0.25) is 0 Å². The number of benzene rings is 1. The van der Waals surface area contributed by atoms with E-state index in [0.29, 0.717) is 18.1 Å². The second kappa shape index (κ2) is 6.43. The quantitative estimate of drug-likeness (QED) is 0.908. The molecule has 1 aliphatic heterocycles. The minimum Gasteiger partial charge on any atom is -0.493 e. The Bertz CT molecular complexity index is 657. The van der Waals surface area contributed by atoms with Crippen molar-refractivity contribution in [2.75, 3.05) is 19.0 Å². The van der Waals surface area contributed by atoms with Crippen molar-refractivity contribution in [2.45, 2.75) is 18.9 Å². The van der Waals surface area contributed by atoms with Crippen molar-refractivity contribution in [1.29, 1.82) is 0 Å². The summed E-state index contributed by atoms with van der Waals surface area (Å²) >= 11 is 0. The Kier molecular flexibility index (Phi) is 4.18. The number of ether oxygens (including phenoxy) is 1. The number of carbonyl (C=O) groups is 1. The minimum atomic E-state index is -0.225. The van der Waals surface area contributed by atoms with Gasteiger partial charge in [0.25, 0.3) is 5.91 Å². The topological polar surface area (TPSA) is 76.1 Å². The lowest BCUT2D eigenvalue weighted by atomic mass is 10.0. The molecule has 0 spiro atoms. The summed E-state index contributed by atoms with van der Waals surface area (Å²) in [6, 6.07) is 7.74. The van der Waals surface area contributed by atoms with Crippen LogP contribution in [0, 0.1) is 0 Å². The summed E-state index contributed by atoms with van der Waals surface area (Å²) < 4.78 is 5.71. The number of hydrogen-bond donors (Lipinski definition) is 2. The monoisotopic (exact) mass is 298 g/mol. The van der Waals surface area contributed by atoms with Gasteiger partial charge in [-0.25, -0.2) is 9.97 Å². The molecule has 22 heavy (non-hydrogen) atoms. The molecule has 2 aromatic rings. The van der Waals surface area contributed by atoms with Crippen molar-refractivity contribution >= 4 is 11.7 Å². The Morgan fingerprint density at radius 1 is 1.27 bits per heavy atom. The molecule has 3 rings (SSSR count). The number of nitrogens with zero attached hydrogens (tertiary/aromatic N) is 2. The van der Waals surface area contributed by atoms with Gasteiger partial charge in [-0.2, -0.15) is 0 Å². The summed E-state index contributed by atoms with van der Waals surface area (Å²) in [6.07, 6.45) is 4.74. The highest BCUT2D eigenvalue weighted by molar-refractivity contribution is 5.92. The number of fused-ring (bicyclic) bond motifs is 1. The van der Waals surface area contributed by atoms with Crippen LogP contribution >= 0.6 is 0 Å². The molecule has 0 saturated carbocycles. The van der Waals surface area contributed by atoms with E-state index in [1.54, 1.807) is 13.2 Å². The largest absolute Gasteiger partial charge is 0.493 e. The van der Waals surface area contributed by atoms with E-state index in [2.05, 4.69) is 20.6 Å². The molecule has 0 unspecified atom stereocenters. The van der Waals surface area contributed by atoms with E-state index < -0.39 is 0 Å². The number of nitrogens with one attached hydrogen (secondary N) is 2. The molecule has 114 valence electrons. The number of carbonyl (C=O) groups excluding carboxylic acids is 1. The maximum Gasteiger partial charge on any atom is 0.271 e. The fourth-order valence-electron chi connectivity index (χ4n) is 2.48. The maximum absolute atomic E-state index is 12.4. The van der Waals surface area contributed by atoms with Crippen LogP contribution in [0.15, 0.2) is 36.7 Å². The summed E-state index contributed by atoms with van der Waals surface area (Å²) in [5.74, 6) is 1.24. The van der Waals surface area contributed by atoms with Crippen LogP contribution in [0.1, 0.15) is 34.9 Å². The Hall–Kier alpha value is -2.63. The van der Waals surface area contributed by atoms with Gasteiger partial charge in [0.15, 0.2) is 0 Å². The normalized spacial score (nSPS) is 16.9. The van der Waals surface area contributed by atoms with E-state index in [1.165, 1.54) is 6.20 Å². The number of rotatable bonds is 3. The highest BCUT2D eigenvalue weighted by atomic mass is 16.5. The van der Waals surface area contributed by atoms with Gasteiger partial charge in [0.1, 0.15) is 17.3 Å². The third kappa shape index (κ3) is 3.00. The van der Waals surface area contributed by atoms with Crippen LogP contribution in [0.3, 0.4) is 0 Å². The predicted octanol–water partition coefficient (Wildman–Crippen LogP) is 2.16. The van der Waals surface area contributed by atoms with Gasteiger partial charge in [-0.05, 0) is 18.9 Å². The molecular formula is C16H18N4O2. The standard InChI is InChI=1S/C16H18N4O2/c1-17-15-10-18-13(9-19-15)16(21)20-12-6-4-8-22-14-7-3-2-5-11(12)14/h2-3,5,7,9-10,12H,4,6,8H2,1H3,(H,17,19)(H,20,21)/t12-/m1/s1. The average Bonchev–Trinajstić information content (AvgIpc) is 2.77. The summed E-state index contributed by atoms with van der Waals surface area (Å²) in [6.45, 7) is 0.667. The first-order chi connectivity index (χ1) is 10.8. The molecule has 0 radical (unpaired) electrons. The number of hydrogen-bond acceptors (Lipinski definition) is 5. The Morgan fingerprint density at radius 2 is 2.14 bits per heavy atom. The number of anilines is 1. The van der Waals surface area contributed by atoms with Gasteiger partial charge in [-0.3, -0.25) is 4.79 Å². The molecule has 0 fully saturated rings. The highest BCUT2D eigenvalue weighted by Gasteiger charge is 2.22. The SMILES string of the molecule is CNc1cnc(C(=O)N[C@@H]2CCCOc3ccccc32)cn1. The van der Waals surface area contributed by atoms with Crippen molar-refractivity contribution in [3.05, 3.63) is 47.9 Å². The number of para-hydroxylation sites is 1. The molecule has 1 aromatic carbocycles. The predicted molar refractivity (Wildman–Crippen MR) is 83.0 cm³/mol. The summed E-state index contributed by atoms with van der Waals surface area (Å²) in [4.78, 5) is 20.6. The number of amides is 1. The molecule has 1 amide bonds. The first kappa shape index (κ1) is 14.3. The van der Waals surface area contributed by atoms with Crippen molar-refractivity contribution in [1.82, 2.24) is 15.3 Å². The molecule has 2 heterocycles. The van der Waals surface area contributed by atoms with Crippen LogP contribution in [0.25, 0.3) is 0 Å². The summed E-state index contributed by atoms with van der Waals surface area (Å²) in [5.41, 5.74) is 1.31. The van der Waals surface area contributed by atoms with Crippen molar-refractivity contribution in [2.24, 2.45) is 0 Å². The van der Waals surface area contributed by atoms with Gasteiger partial charge in [-0.1, -0.05) is 18.2 Å². The lowest BCUT2D eigenvalue weighted by Crippen LogP contribution is -2.29. The van der Waals surface area contributed by atoms with E-state index in [1.807, 2.05) is 24.3 Å². The number of aromatic nitrogens is 2. The van der Waals surface area contributed by atoms with E-state index in [0.717, 1.165) is 24.2 Å². The summed E-state index contributed by atoms with van der Waals surface area (Å²) in [5, 5.41) is 5.90. The lowest BCUT2D eigenvalue weighted by molar-refractivity contribution is 0.0929. The zero-order chi connectivity index (χ0) is 15.4. The molecule has 0 bridgehead atoms. The maximum atomic E-state index is 12.4. The second-order valence-electron chi connectivity index (χ2n) is 5.09. The van der Waals surface area contributed by atoms with Crippen LogP contribution in [-0.4, -0.2) is 29.5 Å². The fraction of sp³-hybridized carbons (Fsp3) is 0.312. The first-order valence-electron chi connectivity index (χ1n) is 7.30. The smallest absolute Gasteiger partial charge is 0.271 e. The molecule has 2 N–H and O–H groups in total. The Morgan fingerprint density at radius 3 is 2.91 bits per heavy atom. The minimum absolute atomic E-state index is 0.0722. The zero-order valence-corrected chi connectivity index (χ0v) is 12.4. The van der Waals surface area contributed by atoms with Crippen LogP contribution < -0.4 is 15.4 Å². The van der Waals surface area contributed by atoms with Crippen LogP contribution in [0.4, 0.5) is 5.82 Å². The molecule has 6 nitrogen and oxygen atoms in total. The molecule has 1 aliphatic rings. The second-order valence-corrected chi connectivity index (χ2v) is 5.09. The summed E-state index contributed by atoms with van der Waals surface area (Å²) in [7, 11) is 1.76. The van der Waals surface area contributed by atoms with E-state index >= 15 is 0 Å². The average molecular weight is 298 g/mol. The van der Waals surface area contributed by atoms with E-state index in [-0.39, 0.29) is 11.9 Å². The van der Waals surface area contributed by atoms with E-state index in [4.69, 9.17) is 4.74 Å². The molecule has 6 heteroatoms. The van der Waals surface area contributed by atoms with Gasteiger partial charge in [0.2, 0.25) is 0 Å². The highest BCUT2D eigenvalue weighted by Crippen LogP contribution is 2.31. The molecule has 1 atom stereocenters. The molecule has 0 aliphatic carbocycles. The fourth-order valence-corrected chi connectivity index (χ4v) is 2.48. The van der Waals surface area contributed by atoms with E-state index in [9.17, 15) is 4.79 Å². The van der Waals surface area contributed by atoms with Crippen molar-refractivity contribution in [3.8, 4) is 5.75 Å². The van der Waals surface area contributed by atoms with Crippen LogP contribution in [-0.2, 0) is 0 Å². The molecule has 1 aromatic heterocycles.